The van der Waals surface area contributed by atoms with Crippen LogP contribution >= 0.6 is 0 Å². The van der Waals surface area contributed by atoms with Gasteiger partial charge >= 0.3 is 0 Å². The minimum absolute atomic E-state index is 0.545. The van der Waals surface area contributed by atoms with Crippen molar-refractivity contribution in [3.63, 3.8) is 0 Å². The number of pyridine rings is 1. The molecule has 0 atom stereocenters. The first-order valence-corrected chi connectivity index (χ1v) is 18.6. The molecule has 0 spiro atoms. The number of hydrogen-bond donors (Lipinski definition) is 0. The van der Waals surface area contributed by atoms with Crippen LogP contribution in [0.4, 0.5) is 0 Å². The van der Waals surface area contributed by atoms with E-state index in [1.807, 2.05) is 12.1 Å². The van der Waals surface area contributed by atoms with Crippen molar-refractivity contribution < 1.29 is 0 Å². The summed E-state index contributed by atoms with van der Waals surface area (Å²) in [5.41, 5.74) is 12.3. The van der Waals surface area contributed by atoms with Gasteiger partial charge in [-0.25, -0.2) is 0 Å². The van der Waals surface area contributed by atoms with Gasteiger partial charge in [0.25, 0.3) is 0 Å². The van der Waals surface area contributed by atoms with Crippen molar-refractivity contribution in [2.24, 2.45) is 0 Å². The first kappa shape index (κ1) is 32.8. The third kappa shape index (κ3) is 5.40. The third-order valence-electron chi connectivity index (χ3n) is 11.0. The summed E-state index contributed by atoms with van der Waals surface area (Å²) in [5, 5.41) is 32.9. The van der Waals surface area contributed by atoms with Crippen molar-refractivity contribution in [3.8, 4) is 56.6 Å². The molecule has 10 rings (SSSR count). The first-order chi connectivity index (χ1) is 27.7. The standard InChI is InChI=1S/C52H31N4/c53-27-33-25-39(31-55-29-33)35-17-21-37(22-18-35)49-41-9-1-5-13-45(41)51(46-14-6-2-10-42(46)49)52-47-15-7-3-11-43(47)50(44-12-4-8-16-48(44)52)38-23-19-36(20-24-38)40-26-34(28-54)30-56-32-40/h1-26,29-31H,32H2/q-1. The van der Waals surface area contributed by atoms with E-state index >= 15 is 0 Å². The lowest BCUT2D eigenvalue weighted by Gasteiger charge is -2.24. The van der Waals surface area contributed by atoms with Crippen LogP contribution in [0.3, 0.4) is 0 Å². The third-order valence-corrected chi connectivity index (χ3v) is 11.0. The molecule has 4 heteroatoms. The second-order valence-electron chi connectivity index (χ2n) is 14.1. The summed E-state index contributed by atoms with van der Waals surface area (Å²) in [7, 11) is 0. The monoisotopic (exact) mass is 711 g/mol. The van der Waals surface area contributed by atoms with Crippen molar-refractivity contribution in [2.45, 2.75) is 0 Å². The van der Waals surface area contributed by atoms with Crippen LogP contribution in [0.25, 0.3) is 98.5 Å². The second kappa shape index (κ2) is 13.6. The summed E-state index contributed by atoms with van der Waals surface area (Å²) in [4.78, 5) is 4.29. The normalized spacial score (nSPS) is 12.5. The zero-order valence-corrected chi connectivity index (χ0v) is 30.2. The number of hydrogen-bond acceptors (Lipinski definition) is 3. The van der Waals surface area contributed by atoms with Crippen LogP contribution in [0, 0.1) is 22.7 Å². The molecule has 0 N–H and O–H groups in total. The molecule has 0 saturated heterocycles. The van der Waals surface area contributed by atoms with E-state index in [1.165, 1.54) is 65.3 Å². The molecule has 0 fully saturated rings. The molecule has 8 aromatic carbocycles. The number of rotatable bonds is 5. The Kier molecular flexibility index (Phi) is 7.95. The van der Waals surface area contributed by atoms with E-state index in [0.29, 0.717) is 17.7 Å². The molecule has 260 valence electrons. The van der Waals surface area contributed by atoms with E-state index in [4.69, 9.17) is 0 Å². The highest BCUT2D eigenvalue weighted by atomic mass is 14.8. The molecule has 0 amide bonds. The lowest BCUT2D eigenvalue weighted by Crippen LogP contribution is -1.96. The van der Waals surface area contributed by atoms with Crippen molar-refractivity contribution in [1.29, 1.82) is 10.5 Å². The molecule has 56 heavy (non-hydrogen) atoms. The average molecular weight is 712 g/mol. The van der Waals surface area contributed by atoms with Crippen LogP contribution in [0.2, 0.25) is 0 Å². The molecule has 0 aliphatic carbocycles. The van der Waals surface area contributed by atoms with Gasteiger partial charge in [-0.1, -0.05) is 151 Å². The van der Waals surface area contributed by atoms with E-state index < -0.39 is 0 Å². The van der Waals surface area contributed by atoms with Gasteiger partial charge in [-0.05, 0) is 99.7 Å². The predicted octanol–water partition coefficient (Wildman–Crippen LogP) is 13.4. The fraction of sp³-hybridized carbons (Fsp3) is 0.0192. The number of fused-ring (bicyclic) bond motifs is 4. The van der Waals surface area contributed by atoms with Crippen molar-refractivity contribution in [1.82, 2.24) is 4.98 Å². The molecule has 0 saturated carbocycles. The molecule has 0 unspecified atom stereocenters. The average Bonchev–Trinajstić information content (AvgIpc) is 3.28. The van der Waals surface area contributed by atoms with Gasteiger partial charge in [0.1, 0.15) is 6.07 Å². The highest BCUT2D eigenvalue weighted by Gasteiger charge is 2.22. The van der Waals surface area contributed by atoms with Gasteiger partial charge in [-0.2, -0.15) is 16.7 Å². The van der Waals surface area contributed by atoms with E-state index in [9.17, 15) is 10.5 Å². The van der Waals surface area contributed by atoms with Crippen LogP contribution in [-0.2, 0) is 0 Å². The number of benzene rings is 8. The second-order valence-corrected chi connectivity index (χ2v) is 14.1. The Hall–Kier alpha value is -7.79. The SMILES string of the molecule is N#CC1=C[N-]CC(c2ccc(-c3c4ccccc4c(-c4c5ccccc5c(-c5ccc(-c6cncc(C#N)c6)cc5)c5ccccc45)c4ccccc34)cc2)=C1. The Bertz CT molecular complexity index is 3080. The Labute approximate surface area is 324 Å². The quantitative estimate of drug-likeness (QED) is 0.167. The Morgan fingerprint density at radius 1 is 0.429 bits per heavy atom. The summed E-state index contributed by atoms with van der Waals surface area (Å²) in [6.45, 7) is 0.562. The fourth-order valence-corrected chi connectivity index (χ4v) is 8.51. The molecule has 4 nitrogen and oxygen atoms in total. The van der Waals surface area contributed by atoms with E-state index in [0.717, 1.165) is 33.4 Å². The van der Waals surface area contributed by atoms with E-state index in [1.54, 1.807) is 18.6 Å². The zero-order valence-electron chi connectivity index (χ0n) is 30.2. The number of nitriles is 2. The lowest BCUT2D eigenvalue weighted by atomic mass is 9.81. The predicted molar refractivity (Wildman–Crippen MR) is 231 cm³/mol. The molecule has 0 bridgehead atoms. The van der Waals surface area contributed by atoms with Crippen LogP contribution in [0.1, 0.15) is 11.1 Å². The van der Waals surface area contributed by atoms with Gasteiger partial charge in [-0.15, -0.1) is 6.54 Å². The number of allylic oxidation sites excluding steroid dienone is 2. The number of aromatic nitrogens is 1. The van der Waals surface area contributed by atoms with Gasteiger partial charge in [-0.3, -0.25) is 4.98 Å². The van der Waals surface area contributed by atoms with Gasteiger partial charge in [0, 0.05) is 23.5 Å². The molecule has 1 aromatic heterocycles. The van der Waals surface area contributed by atoms with Crippen molar-refractivity contribution in [3.05, 3.63) is 198 Å². The Balaban J connectivity index is 1.20. The summed E-state index contributed by atoms with van der Waals surface area (Å²) >= 11 is 0. The van der Waals surface area contributed by atoms with Crippen LogP contribution in [-0.4, -0.2) is 11.5 Å². The summed E-state index contributed by atoms with van der Waals surface area (Å²) in [6, 6.07) is 58.9. The first-order valence-electron chi connectivity index (χ1n) is 18.6. The molecular weight excluding hydrogens is 681 g/mol. The number of nitrogens with zero attached hydrogens (tertiary/aromatic N) is 4. The smallest absolute Gasteiger partial charge is 0.101 e. The molecule has 9 aromatic rings. The van der Waals surface area contributed by atoms with Crippen LogP contribution in [0.5, 0.6) is 0 Å². The zero-order chi connectivity index (χ0) is 37.6. The maximum atomic E-state index is 9.46. The summed E-state index contributed by atoms with van der Waals surface area (Å²) in [6.07, 6.45) is 6.98. The van der Waals surface area contributed by atoms with Crippen molar-refractivity contribution >= 4 is 48.7 Å². The highest BCUT2D eigenvalue weighted by molar-refractivity contribution is 6.30. The highest BCUT2D eigenvalue weighted by Crippen LogP contribution is 2.50. The van der Waals surface area contributed by atoms with Gasteiger partial charge in [0.2, 0.25) is 0 Å². The summed E-state index contributed by atoms with van der Waals surface area (Å²) in [5.74, 6) is 0. The topological polar surface area (TPSA) is 74.6 Å². The lowest BCUT2D eigenvalue weighted by molar-refractivity contribution is 1.30. The Morgan fingerprint density at radius 2 is 0.839 bits per heavy atom. The maximum Gasteiger partial charge on any atom is 0.101 e. The molecule has 1 aliphatic heterocycles. The van der Waals surface area contributed by atoms with Crippen LogP contribution < -0.4 is 0 Å². The summed E-state index contributed by atoms with van der Waals surface area (Å²) < 4.78 is 0. The molecule has 0 radical (unpaired) electrons. The van der Waals surface area contributed by atoms with Crippen LogP contribution in [0.15, 0.2) is 182 Å². The minimum Gasteiger partial charge on any atom is -0.686 e. The fourth-order valence-electron chi connectivity index (χ4n) is 8.51. The van der Waals surface area contributed by atoms with E-state index in [2.05, 4.69) is 168 Å². The van der Waals surface area contributed by atoms with Gasteiger partial charge in [0.05, 0.1) is 11.6 Å². The van der Waals surface area contributed by atoms with E-state index in [-0.39, 0.29) is 0 Å². The Morgan fingerprint density at radius 3 is 1.27 bits per heavy atom. The largest absolute Gasteiger partial charge is 0.686 e. The maximum absolute atomic E-state index is 9.46. The van der Waals surface area contributed by atoms with Gasteiger partial charge in [0.15, 0.2) is 0 Å². The van der Waals surface area contributed by atoms with Crippen molar-refractivity contribution in [2.75, 3.05) is 6.54 Å². The minimum atomic E-state index is 0.545. The molecular formula is C52H31N4-. The molecule has 2 heterocycles. The molecule has 1 aliphatic rings. The van der Waals surface area contributed by atoms with Gasteiger partial charge < -0.3 is 5.32 Å².